The minimum absolute atomic E-state index is 0.101. The van der Waals surface area contributed by atoms with Gasteiger partial charge < -0.3 is 23.4 Å². The van der Waals surface area contributed by atoms with Gasteiger partial charge in [0.25, 0.3) is 5.91 Å². The first-order chi connectivity index (χ1) is 15.5. The number of hydrogen-bond acceptors (Lipinski definition) is 7. The van der Waals surface area contributed by atoms with E-state index in [4.69, 9.17) is 23.4 Å². The topological polar surface area (TPSA) is 89.1 Å². The maximum Gasteiger partial charge on any atom is 0.298 e. The molecular weight excluding hydrogens is 414 g/mol. The number of ketones is 1. The van der Waals surface area contributed by atoms with Crippen molar-refractivity contribution in [3.05, 3.63) is 71.8 Å². The summed E-state index contributed by atoms with van der Waals surface area (Å²) in [7, 11) is 5.95. The summed E-state index contributed by atoms with van der Waals surface area (Å²) in [5.41, 5.74) is 0.938. The molecule has 0 fully saturated rings. The largest absolute Gasteiger partial charge is 0.497 e. The molecule has 0 spiro atoms. The number of rotatable bonds is 7. The van der Waals surface area contributed by atoms with E-state index in [1.807, 2.05) is 0 Å². The van der Waals surface area contributed by atoms with Crippen LogP contribution in [0.3, 0.4) is 0 Å². The summed E-state index contributed by atoms with van der Waals surface area (Å²) >= 11 is 0. The molecule has 0 unspecified atom stereocenters. The third-order valence-electron chi connectivity index (χ3n) is 5.11. The maximum atomic E-state index is 13.6. The van der Waals surface area contributed by atoms with E-state index in [9.17, 15) is 9.59 Å². The van der Waals surface area contributed by atoms with Crippen LogP contribution in [-0.2, 0) is 0 Å². The lowest BCUT2D eigenvalue weighted by atomic mass is 10.1. The van der Waals surface area contributed by atoms with E-state index in [0.29, 0.717) is 33.9 Å². The molecule has 0 atom stereocenters. The summed E-state index contributed by atoms with van der Waals surface area (Å²) in [6.45, 7) is 0. The highest BCUT2D eigenvalue weighted by molar-refractivity contribution is 6.15. The fourth-order valence-corrected chi connectivity index (χ4v) is 3.56. The molecule has 0 amide bonds. The van der Waals surface area contributed by atoms with Crippen LogP contribution in [0.1, 0.15) is 26.6 Å². The van der Waals surface area contributed by atoms with E-state index in [0.717, 1.165) is 0 Å². The summed E-state index contributed by atoms with van der Waals surface area (Å²) in [5, 5.41) is 0.696. The lowest BCUT2D eigenvalue weighted by Crippen LogP contribution is -2.18. The van der Waals surface area contributed by atoms with Gasteiger partial charge in [-0.1, -0.05) is 0 Å². The molecule has 0 aliphatic heterocycles. The molecule has 8 heteroatoms. The molecule has 0 N–H and O–H groups in total. The van der Waals surface area contributed by atoms with Crippen LogP contribution in [0.4, 0.5) is 0 Å². The molecule has 2 aromatic heterocycles. The zero-order valence-corrected chi connectivity index (χ0v) is 18.0. The Morgan fingerprint density at radius 2 is 1.56 bits per heavy atom. The smallest absolute Gasteiger partial charge is 0.298 e. The fraction of sp³-hybridized carbons (Fsp3) is 0.167. The van der Waals surface area contributed by atoms with E-state index in [1.165, 1.54) is 39.3 Å². The Kier molecular flexibility index (Phi) is 5.59. The molecule has 164 valence electrons. The Morgan fingerprint density at radius 3 is 2.12 bits per heavy atom. The van der Waals surface area contributed by atoms with Gasteiger partial charge in [0.1, 0.15) is 5.75 Å². The highest BCUT2D eigenvalue weighted by atomic mass is 16.5. The van der Waals surface area contributed by atoms with Gasteiger partial charge in [0.05, 0.1) is 45.9 Å². The molecule has 0 saturated heterocycles. The van der Waals surface area contributed by atoms with Crippen molar-refractivity contribution in [2.45, 2.75) is 0 Å². The van der Waals surface area contributed by atoms with Gasteiger partial charge in [0.15, 0.2) is 17.3 Å². The van der Waals surface area contributed by atoms with Crippen molar-refractivity contribution in [3.8, 4) is 23.0 Å². The van der Waals surface area contributed by atoms with Crippen molar-refractivity contribution < 1.29 is 33.0 Å². The number of carbonyl (C=O) groups excluding carboxylic acids is 2. The Morgan fingerprint density at radius 1 is 0.844 bits per heavy atom. The molecule has 0 saturated carbocycles. The van der Waals surface area contributed by atoms with Crippen molar-refractivity contribution in [1.82, 2.24) is 4.57 Å². The minimum atomic E-state index is -0.478. The van der Waals surface area contributed by atoms with Crippen molar-refractivity contribution in [2.24, 2.45) is 0 Å². The SMILES string of the molecule is COc1ccc2cc(C(=O)c3cc(OC)c(OC)c(OC)c3)n(C(=O)c3ccco3)c2c1. The van der Waals surface area contributed by atoms with Gasteiger partial charge in [-0.15, -0.1) is 0 Å². The highest BCUT2D eigenvalue weighted by Gasteiger charge is 2.26. The molecule has 0 aliphatic rings. The second-order valence-electron chi connectivity index (χ2n) is 6.82. The van der Waals surface area contributed by atoms with Crippen LogP contribution < -0.4 is 18.9 Å². The maximum absolute atomic E-state index is 13.6. The third kappa shape index (κ3) is 3.45. The van der Waals surface area contributed by atoms with E-state index in [1.54, 1.807) is 48.5 Å². The molecule has 2 aromatic carbocycles. The quantitative estimate of drug-likeness (QED) is 0.402. The standard InChI is InChI=1S/C24H21NO7/c1-28-16-8-7-14-10-18(25(17(14)13-16)24(27)19-6-5-9-32-19)22(26)15-11-20(29-2)23(31-4)21(12-15)30-3/h5-13H,1-4H3. The predicted octanol–water partition coefficient (Wildman–Crippen LogP) is 4.19. The van der Waals surface area contributed by atoms with Gasteiger partial charge in [-0.3, -0.25) is 14.2 Å². The first-order valence-corrected chi connectivity index (χ1v) is 9.64. The Labute approximate surface area is 183 Å². The van der Waals surface area contributed by atoms with Crippen molar-refractivity contribution >= 4 is 22.6 Å². The zero-order valence-electron chi connectivity index (χ0n) is 18.0. The van der Waals surface area contributed by atoms with Crippen LogP contribution in [0, 0.1) is 0 Å². The molecule has 32 heavy (non-hydrogen) atoms. The average Bonchev–Trinajstić information content (AvgIpc) is 3.49. The zero-order chi connectivity index (χ0) is 22.8. The third-order valence-corrected chi connectivity index (χ3v) is 5.11. The van der Waals surface area contributed by atoms with Crippen molar-refractivity contribution in [2.75, 3.05) is 28.4 Å². The monoisotopic (exact) mass is 435 g/mol. The lowest BCUT2D eigenvalue weighted by Gasteiger charge is -2.14. The summed E-state index contributed by atoms with van der Waals surface area (Å²) < 4.78 is 28.0. The summed E-state index contributed by atoms with van der Waals surface area (Å²) in [4.78, 5) is 26.9. The van der Waals surface area contributed by atoms with E-state index < -0.39 is 11.7 Å². The van der Waals surface area contributed by atoms with Gasteiger partial charge in [0.2, 0.25) is 11.5 Å². The summed E-state index contributed by atoms with van der Waals surface area (Å²) in [6, 6.07) is 13.1. The van der Waals surface area contributed by atoms with Gasteiger partial charge in [-0.25, -0.2) is 0 Å². The number of carbonyl (C=O) groups is 2. The van der Waals surface area contributed by atoms with Crippen LogP contribution in [0.2, 0.25) is 0 Å². The fourth-order valence-electron chi connectivity index (χ4n) is 3.56. The number of hydrogen-bond donors (Lipinski definition) is 0. The number of methoxy groups -OCH3 is 4. The normalized spacial score (nSPS) is 10.8. The first kappa shape index (κ1) is 21.0. The van der Waals surface area contributed by atoms with Crippen LogP contribution in [0.5, 0.6) is 23.0 Å². The van der Waals surface area contributed by atoms with Crippen LogP contribution in [-0.4, -0.2) is 44.7 Å². The van der Waals surface area contributed by atoms with Crippen molar-refractivity contribution in [1.29, 1.82) is 0 Å². The molecule has 4 aromatic rings. The van der Waals surface area contributed by atoms with E-state index in [-0.39, 0.29) is 17.0 Å². The minimum Gasteiger partial charge on any atom is -0.497 e. The van der Waals surface area contributed by atoms with Gasteiger partial charge in [-0.05, 0) is 42.5 Å². The Balaban J connectivity index is 1.93. The molecule has 2 heterocycles. The number of nitrogens with zero attached hydrogens (tertiary/aromatic N) is 1. The molecule has 0 radical (unpaired) electrons. The van der Waals surface area contributed by atoms with Gasteiger partial charge in [0, 0.05) is 17.0 Å². The van der Waals surface area contributed by atoms with E-state index >= 15 is 0 Å². The van der Waals surface area contributed by atoms with Crippen LogP contribution in [0.25, 0.3) is 10.9 Å². The molecule has 0 aliphatic carbocycles. The molecule has 4 rings (SSSR count). The van der Waals surface area contributed by atoms with Gasteiger partial charge in [-0.2, -0.15) is 0 Å². The average molecular weight is 435 g/mol. The molecule has 0 bridgehead atoms. The number of aromatic nitrogens is 1. The predicted molar refractivity (Wildman–Crippen MR) is 116 cm³/mol. The Hall–Kier alpha value is -4.20. The molecule has 8 nitrogen and oxygen atoms in total. The lowest BCUT2D eigenvalue weighted by molar-refractivity contribution is 0.0915. The van der Waals surface area contributed by atoms with E-state index in [2.05, 4.69) is 0 Å². The number of ether oxygens (including phenoxy) is 4. The highest BCUT2D eigenvalue weighted by Crippen LogP contribution is 2.39. The summed E-state index contributed by atoms with van der Waals surface area (Å²) in [5.74, 6) is 0.797. The van der Waals surface area contributed by atoms with Crippen LogP contribution >= 0.6 is 0 Å². The number of furan rings is 1. The number of fused-ring (bicyclic) bond motifs is 1. The second-order valence-corrected chi connectivity index (χ2v) is 6.82. The Bertz CT molecular complexity index is 1280. The van der Waals surface area contributed by atoms with Gasteiger partial charge >= 0.3 is 0 Å². The number of benzene rings is 2. The van der Waals surface area contributed by atoms with Crippen LogP contribution in [0.15, 0.2) is 59.2 Å². The second kappa shape index (κ2) is 8.50. The van der Waals surface area contributed by atoms with Crippen molar-refractivity contribution in [3.63, 3.8) is 0 Å². The molecular formula is C24H21NO7. The first-order valence-electron chi connectivity index (χ1n) is 9.64. The summed E-state index contributed by atoms with van der Waals surface area (Å²) in [6.07, 6.45) is 1.40.